The number of allylic oxidation sites excluding steroid dienone is 3. The van der Waals surface area contributed by atoms with Crippen molar-refractivity contribution < 1.29 is 0 Å². The van der Waals surface area contributed by atoms with Crippen molar-refractivity contribution in [3.63, 3.8) is 0 Å². The first-order valence-corrected chi connectivity index (χ1v) is 9.24. The number of likely N-dealkylation sites (tertiary alicyclic amines) is 1. The van der Waals surface area contributed by atoms with Gasteiger partial charge in [0.2, 0.25) is 0 Å². The van der Waals surface area contributed by atoms with Crippen LogP contribution < -0.4 is 5.32 Å². The number of aryl methyl sites for hydroxylation is 1. The minimum absolute atomic E-state index is 0.0137. The van der Waals surface area contributed by atoms with Crippen LogP contribution in [0.1, 0.15) is 51.8 Å². The number of likely N-dealkylation sites (N-methyl/N-ethyl adjacent to an activating group) is 1. The molecule has 1 aromatic rings. The van der Waals surface area contributed by atoms with Gasteiger partial charge in [-0.05, 0) is 78.3 Å². The molecule has 5 nitrogen and oxygen atoms in total. The van der Waals surface area contributed by atoms with E-state index in [0.29, 0.717) is 0 Å². The van der Waals surface area contributed by atoms with E-state index < -0.39 is 0 Å². The molecule has 0 aromatic carbocycles. The fourth-order valence-electron chi connectivity index (χ4n) is 3.45. The van der Waals surface area contributed by atoms with Crippen molar-refractivity contribution >= 4 is 11.3 Å². The Morgan fingerprint density at radius 3 is 2.62 bits per heavy atom. The Hall–Kier alpha value is -2.14. The third kappa shape index (κ3) is 3.98. The maximum atomic E-state index is 5.08. The summed E-state index contributed by atoms with van der Waals surface area (Å²) in [5, 5.41) is 10.3. The highest BCUT2D eigenvalue weighted by Gasteiger charge is 2.36. The van der Waals surface area contributed by atoms with Gasteiger partial charge in [0, 0.05) is 29.7 Å². The van der Waals surface area contributed by atoms with Crippen molar-refractivity contribution in [3.8, 4) is 0 Å². The molecule has 26 heavy (non-hydrogen) atoms. The lowest BCUT2D eigenvalue weighted by Gasteiger charge is -2.32. The molecule has 1 aliphatic heterocycles. The van der Waals surface area contributed by atoms with Crippen LogP contribution in [0.3, 0.4) is 0 Å². The summed E-state index contributed by atoms with van der Waals surface area (Å²) < 4.78 is 0. The van der Waals surface area contributed by atoms with Gasteiger partial charge in [-0.25, -0.2) is 0 Å². The number of aromatic amines is 1. The van der Waals surface area contributed by atoms with Crippen LogP contribution in [0.15, 0.2) is 40.8 Å². The van der Waals surface area contributed by atoms with Crippen molar-refractivity contribution in [2.45, 2.75) is 53.0 Å². The predicted octanol–water partition coefficient (Wildman–Crippen LogP) is 4.07. The summed E-state index contributed by atoms with van der Waals surface area (Å²) in [5.74, 6) is 0. The first-order valence-electron chi connectivity index (χ1n) is 9.24. The van der Waals surface area contributed by atoms with E-state index in [4.69, 9.17) is 4.99 Å². The molecule has 0 radical (unpaired) electrons. The molecular formula is C21H33N5. The molecule has 0 amide bonds. The Labute approximate surface area is 158 Å². The molecule has 1 aromatic heterocycles. The number of nitrogens with zero attached hydrogens (tertiary/aromatic N) is 3. The van der Waals surface area contributed by atoms with Gasteiger partial charge in [0.1, 0.15) is 0 Å². The highest BCUT2D eigenvalue weighted by Crippen LogP contribution is 2.30. The fourth-order valence-corrected chi connectivity index (χ4v) is 3.45. The van der Waals surface area contributed by atoms with Gasteiger partial charge in [0.25, 0.3) is 0 Å². The summed E-state index contributed by atoms with van der Waals surface area (Å²) in [6.45, 7) is 15.9. The quantitative estimate of drug-likeness (QED) is 0.597. The van der Waals surface area contributed by atoms with E-state index in [0.717, 1.165) is 52.5 Å². The van der Waals surface area contributed by atoms with Crippen LogP contribution in [0.5, 0.6) is 0 Å². The van der Waals surface area contributed by atoms with E-state index in [9.17, 15) is 0 Å². The minimum Gasteiger partial charge on any atom is -0.388 e. The standard InChI is InChI=1S/C21H33N5/c1-14(19-13-23-25-17(19)4)12-20(15(2)16(3)22-7)24-18(5)21(6)10-9-11-26(21)8/h12-13,22H,3,9-11H2,1-2,4-8H3,(H,23,25)/b14-12+,20-15-,24-18?. The normalized spacial score (nSPS) is 23.2. The van der Waals surface area contributed by atoms with Crippen molar-refractivity contribution in [2.24, 2.45) is 4.99 Å². The summed E-state index contributed by atoms with van der Waals surface area (Å²) in [7, 11) is 4.08. The van der Waals surface area contributed by atoms with Crippen LogP contribution >= 0.6 is 0 Å². The van der Waals surface area contributed by atoms with Crippen LogP contribution in [0.25, 0.3) is 5.57 Å². The predicted molar refractivity (Wildman–Crippen MR) is 111 cm³/mol. The Balaban J connectivity index is 2.51. The summed E-state index contributed by atoms with van der Waals surface area (Å²) in [4.78, 5) is 7.48. The Kier molecular flexibility index (Phi) is 6.24. The summed E-state index contributed by atoms with van der Waals surface area (Å²) in [6.07, 6.45) is 6.35. The van der Waals surface area contributed by atoms with Gasteiger partial charge in [0.15, 0.2) is 0 Å². The van der Waals surface area contributed by atoms with Crippen molar-refractivity contribution in [1.82, 2.24) is 20.4 Å². The topological polar surface area (TPSA) is 56.3 Å². The number of hydrogen-bond acceptors (Lipinski definition) is 4. The molecule has 1 unspecified atom stereocenters. The minimum atomic E-state index is 0.0137. The fraction of sp³-hybridized carbons (Fsp3) is 0.524. The lowest BCUT2D eigenvalue weighted by atomic mass is 9.93. The highest BCUT2D eigenvalue weighted by atomic mass is 15.2. The van der Waals surface area contributed by atoms with Crippen LogP contribution in [-0.2, 0) is 0 Å². The van der Waals surface area contributed by atoms with Crippen LogP contribution in [-0.4, -0.2) is 47.0 Å². The number of rotatable bonds is 6. The second kappa shape index (κ2) is 8.04. The first kappa shape index (κ1) is 20.2. The van der Waals surface area contributed by atoms with E-state index in [1.54, 1.807) is 0 Å². The van der Waals surface area contributed by atoms with E-state index >= 15 is 0 Å². The Morgan fingerprint density at radius 2 is 2.12 bits per heavy atom. The largest absolute Gasteiger partial charge is 0.388 e. The van der Waals surface area contributed by atoms with Crippen molar-refractivity contribution in [3.05, 3.63) is 47.1 Å². The van der Waals surface area contributed by atoms with Crippen LogP contribution in [0.4, 0.5) is 0 Å². The number of hydrogen-bond donors (Lipinski definition) is 2. The van der Waals surface area contributed by atoms with Crippen LogP contribution in [0.2, 0.25) is 0 Å². The number of H-pyrrole nitrogens is 1. The molecular weight excluding hydrogens is 322 g/mol. The summed E-state index contributed by atoms with van der Waals surface area (Å²) in [6, 6.07) is 0. The average Bonchev–Trinajstić information content (AvgIpc) is 3.19. The lowest BCUT2D eigenvalue weighted by molar-refractivity contribution is 0.271. The summed E-state index contributed by atoms with van der Waals surface area (Å²) in [5.41, 5.74) is 7.35. The maximum Gasteiger partial charge on any atom is 0.0682 e. The van der Waals surface area contributed by atoms with Gasteiger partial charge in [-0.3, -0.25) is 15.0 Å². The monoisotopic (exact) mass is 355 g/mol. The molecule has 2 N–H and O–H groups in total. The molecule has 0 aliphatic carbocycles. The zero-order valence-electron chi connectivity index (χ0n) is 17.3. The molecule has 1 saturated heterocycles. The van der Waals surface area contributed by atoms with E-state index in [1.807, 2.05) is 20.2 Å². The SMILES string of the molecule is C=C(NC)/C(C)=C(/C=C(\C)c1cn[nH]c1C)N=C(C)C1(C)CCCN1C. The smallest absolute Gasteiger partial charge is 0.0682 e. The summed E-state index contributed by atoms with van der Waals surface area (Å²) >= 11 is 0. The molecule has 0 saturated carbocycles. The molecule has 1 fully saturated rings. The zero-order valence-corrected chi connectivity index (χ0v) is 17.3. The van der Waals surface area contributed by atoms with E-state index in [-0.39, 0.29) is 5.54 Å². The molecule has 1 aliphatic rings. The highest BCUT2D eigenvalue weighted by molar-refractivity contribution is 5.92. The molecule has 5 heteroatoms. The lowest BCUT2D eigenvalue weighted by Crippen LogP contribution is -2.44. The average molecular weight is 356 g/mol. The number of aliphatic imine (C=N–C) groups is 1. The number of nitrogens with one attached hydrogen (secondary N) is 2. The molecule has 142 valence electrons. The molecule has 0 spiro atoms. The first-order chi connectivity index (χ1) is 12.2. The van der Waals surface area contributed by atoms with Gasteiger partial charge in [-0.15, -0.1) is 0 Å². The van der Waals surface area contributed by atoms with Gasteiger partial charge >= 0.3 is 0 Å². The van der Waals surface area contributed by atoms with Crippen molar-refractivity contribution in [1.29, 1.82) is 0 Å². The third-order valence-electron chi connectivity index (χ3n) is 5.81. The molecule has 2 rings (SSSR count). The van der Waals surface area contributed by atoms with E-state index in [1.165, 1.54) is 6.42 Å². The van der Waals surface area contributed by atoms with Gasteiger partial charge in [0.05, 0.1) is 17.4 Å². The molecule has 0 bridgehead atoms. The molecule has 1 atom stereocenters. The zero-order chi connectivity index (χ0) is 19.5. The van der Waals surface area contributed by atoms with E-state index in [2.05, 4.69) is 67.8 Å². The third-order valence-corrected chi connectivity index (χ3v) is 5.81. The molecule has 2 heterocycles. The Bertz CT molecular complexity index is 765. The Morgan fingerprint density at radius 1 is 1.42 bits per heavy atom. The van der Waals surface area contributed by atoms with Crippen LogP contribution in [0, 0.1) is 6.92 Å². The van der Waals surface area contributed by atoms with Gasteiger partial charge < -0.3 is 5.32 Å². The van der Waals surface area contributed by atoms with Crippen molar-refractivity contribution in [2.75, 3.05) is 20.6 Å². The van der Waals surface area contributed by atoms with Gasteiger partial charge in [-0.1, -0.05) is 6.58 Å². The second-order valence-electron chi connectivity index (χ2n) is 7.47. The number of aromatic nitrogens is 2. The van der Waals surface area contributed by atoms with Gasteiger partial charge in [-0.2, -0.15) is 5.10 Å². The maximum absolute atomic E-state index is 5.08. The second-order valence-corrected chi connectivity index (χ2v) is 7.47.